The van der Waals surface area contributed by atoms with Crippen molar-refractivity contribution in [3.8, 4) is 0 Å². The molecule has 0 saturated carbocycles. The third kappa shape index (κ3) is 2.04. The van der Waals surface area contributed by atoms with Gasteiger partial charge in [-0.2, -0.15) is 17.6 Å². The van der Waals surface area contributed by atoms with Gasteiger partial charge in [0.15, 0.2) is 0 Å². The molecule has 1 atom stereocenters. The minimum absolute atomic E-state index is 1.25. The lowest BCUT2D eigenvalue weighted by Gasteiger charge is -2.27. The van der Waals surface area contributed by atoms with Crippen LogP contribution in [0, 0.1) is 0 Å². The SMILES string of the molecule is O=C(O)C(F)(F)[C@](F)(Br)C(F)(F)Cl. The molecule has 9 heteroatoms. The lowest BCUT2D eigenvalue weighted by molar-refractivity contribution is -0.197. The number of carbonyl (C=O) groups is 1. The highest BCUT2D eigenvalue weighted by Crippen LogP contribution is 2.50. The summed E-state index contributed by atoms with van der Waals surface area (Å²) in [5, 5.41) is 2.68. The monoisotopic (exact) mass is 290 g/mol. The second-order valence-electron chi connectivity index (χ2n) is 1.95. The number of rotatable bonds is 3. The van der Waals surface area contributed by atoms with Crippen molar-refractivity contribution in [2.24, 2.45) is 0 Å². The van der Waals surface area contributed by atoms with Gasteiger partial charge in [0.1, 0.15) is 0 Å². The van der Waals surface area contributed by atoms with Crippen molar-refractivity contribution < 1.29 is 31.9 Å². The van der Waals surface area contributed by atoms with E-state index in [1.54, 1.807) is 0 Å². The summed E-state index contributed by atoms with van der Waals surface area (Å²) in [6.45, 7) is 0. The fourth-order valence-electron chi connectivity index (χ4n) is 0.312. The van der Waals surface area contributed by atoms with E-state index in [9.17, 15) is 26.7 Å². The Bertz CT molecular complexity index is 225. The van der Waals surface area contributed by atoms with Crippen molar-refractivity contribution in [3.05, 3.63) is 0 Å². The lowest BCUT2D eigenvalue weighted by Crippen LogP contribution is -2.54. The van der Waals surface area contributed by atoms with E-state index in [0.717, 1.165) is 0 Å². The lowest BCUT2D eigenvalue weighted by atomic mass is 10.2. The van der Waals surface area contributed by atoms with Crippen LogP contribution in [0.1, 0.15) is 0 Å². The number of aliphatic carboxylic acids is 1. The maximum absolute atomic E-state index is 12.5. The average Bonchev–Trinajstić information content (AvgIpc) is 1.84. The van der Waals surface area contributed by atoms with Gasteiger partial charge in [-0.05, 0) is 27.5 Å². The minimum Gasteiger partial charge on any atom is -0.477 e. The molecular formula is C4HBrClF5O2. The van der Waals surface area contributed by atoms with Crippen LogP contribution >= 0.6 is 27.5 Å². The molecular weight excluding hydrogens is 290 g/mol. The summed E-state index contributed by atoms with van der Waals surface area (Å²) < 4.78 is 56.1. The summed E-state index contributed by atoms with van der Waals surface area (Å²) in [5.74, 6) is -8.38. The van der Waals surface area contributed by atoms with Gasteiger partial charge in [-0.15, -0.1) is 0 Å². The maximum Gasteiger partial charge on any atom is 0.393 e. The van der Waals surface area contributed by atoms with Crippen molar-refractivity contribution in [1.29, 1.82) is 0 Å². The van der Waals surface area contributed by atoms with E-state index in [2.05, 4.69) is 11.6 Å². The number of carboxylic acid groups (broad SMARTS) is 1. The van der Waals surface area contributed by atoms with Gasteiger partial charge < -0.3 is 5.11 Å². The number of halogens is 7. The zero-order chi connectivity index (χ0) is 11.1. The molecule has 2 nitrogen and oxygen atoms in total. The van der Waals surface area contributed by atoms with E-state index >= 15 is 0 Å². The van der Waals surface area contributed by atoms with Crippen LogP contribution in [0.2, 0.25) is 0 Å². The predicted octanol–water partition coefficient (Wildman–Crippen LogP) is 2.60. The van der Waals surface area contributed by atoms with E-state index in [4.69, 9.17) is 5.11 Å². The van der Waals surface area contributed by atoms with Gasteiger partial charge in [0.25, 0.3) is 0 Å². The zero-order valence-corrected chi connectivity index (χ0v) is 7.84. The summed E-state index contributed by atoms with van der Waals surface area (Å²) in [6.07, 6.45) is 0. The van der Waals surface area contributed by atoms with Crippen LogP contribution in [0.15, 0.2) is 0 Å². The number of alkyl halides is 7. The molecule has 0 saturated heterocycles. The normalized spacial score (nSPS) is 18.1. The van der Waals surface area contributed by atoms with Gasteiger partial charge in [-0.3, -0.25) is 0 Å². The molecule has 0 aliphatic heterocycles. The van der Waals surface area contributed by atoms with Crippen LogP contribution in [-0.2, 0) is 4.79 Å². The molecule has 0 aliphatic carbocycles. The Morgan fingerprint density at radius 1 is 1.23 bits per heavy atom. The summed E-state index contributed by atoms with van der Waals surface area (Å²) in [6, 6.07) is 0. The summed E-state index contributed by atoms with van der Waals surface area (Å²) in [5.41, 5.74) is 0. The smallest absolute Gasteiger partial charge is 0.393 e. The molecule has 1 N–H and O–H groups in total. The van der Waals surface area contributed by atoms with Crippen molar-refractivity contribution in [1.82, 2.24) is 0 Å². The van der Waals surface area contributed by atoms with Gasteiger partial charge in [-0.1, -0.05) is 0 Å². The van der Waals surface area contributed by atoms with Crippen LogP contribution < -0.4 is 0 Å². The molecule has 0 unspecified atom stereocenters. The van der Waals surface area contributed by atoms with Crippen LogP contribution in [0.25, 0.3) is 0 Å². The van der Waals surface area contributed by atoms with E-state index in [0.29, 0.717) is 0 Å². The van der Waals surface area contributed by atoms with E-state index < -0.39 is 21.9 Å². The Morgan fingerprint density at radius 2 is 1.54 bits per heavy atom. The second-order valence-corrected chi connectivity index (χ2v) is 3.52. The van der Waals surface area contributed by atoms with E-state index in [1.807, 2.05) is 0 Å². The number of hydrogen-bond donors (Lipinski definition) is 1. The van der Waals surface area contributed by atoms with Gasteiger partial charge in [0.2, 0.25) is 0 Å². The standard InChI is InChI=1S/C4HBrClF5O2/c5-3(9,4(6,10)11)2(7,8)1(12)13/h(H,12,13)/t3-/m1/s1. The summed E-state index contributed by atoms with van der Waals surface area (Å²) in [4.78, 5) is 9.70. The van der Waals surface area contributed by atoms with Crippen LogP contribution in [0.3, 0.4) is 0 Å². The quantitative estimate of drug-likeness (QED) is 0.641. The van der Waals surface area contributed by atoms with Crippen LogP contribution in [0.5, 0.6) is 0 Å². The third-order valence-corrected chi connectivity index (χ3v) is 2.50. The minimum atomic E-state index is -5.34. The van der Waals surface area contributed by atoms with E-state index in [-0.39, 0.29) is 0 Å². The Morgan fingerprint density at radius 3 is 1.62 bits per heavy atom. The molecule has 0 aromatic rings. The first-order chi connectivity index (χ1) is 5.44. The molecule has 0 spiro atoms. The number of carboxylic acids is 1. The highest BCUT2D eigenvalue weighted by molar-refractivity contribution is 9.10. The Kier molecular flexibility index (Phi) is 3.20. The van der Waals surface area contributed by atoms with Crippen molar-refractivity contribution in [2.45, 2.75) is 15.9 Å². The van der Waals surface area contributed by atoms with Gasteiger partial charge in [0, 0.05) is 0 Å². The van der Waals surface area contributed by atoms with E-state index in [1.165, 1.54) is 15.9 Å². The van der Waals surface area contributed by atoms with Gasteiger partial charge >= 0.3 is 21.9 Å². The van der Waals surface area contributed by atoms with Gasteiger partial charge in [-0.25, -0.2) is 9.18 Å². The second kappa shape index (κ2) is 3.23. The Balaban J connectivity index is 5.16. The molecule has 0 rings (SSSR count). The zero-order valence-electron chi connectivity index (χ0n) is 5.50. The fourth-order valence-corrected chi connectivity index (χ4v) is 0.601. The van der Waals surface area contributed by atoms with Crippen LogP contribution in [-0.4, -0.2) is 27.0 Å². The Hall–Kier alpha value is -0.110. The summed E-state index contributed by atoms with van der Waals surface area (Å²) >= 11 is 5.20. The first-order valence-corrected chi connectivity index (χ1v) is 3.67. The molecule has 0 aliphatic rings. The topological polar surface area (TPSA) is 37.3 Å². The molecule has 78 valence electrons. The molecule has 0 aromatic heterocycles. The molecule has 0 aromatic carbocycles. The molecule has 0 fully saturated rings. The molecule has 13 heavy (non-hydrogen) atoms. The van der Waals surface area contributed by atoms with Crippen LogP contribution in [0.4, 0.5) is 22.0 Å². The molecule has 0 radical (unpaired) electrons. The van der Waals surface area contributed by atoms with Crippen molar-refractivity contribution >= 4 is 33.5 Å². The molecule has 0 bridgehead atoms. The van der Waals surface area contributed by atoms with Crippen molar-refractivity contribution in [2.75, 3.05) is 0 Å². The number of hydrogen-bond acceptors (Lipinski definition) is 1. The average molecular weight is 291 g/mol. The molecule has 0 amide bonds. The Labute approximate surface area is 81.8 Å². The summed E-state index contributed by atoms with van der Waals surface area (Å²) in [7, 11) is 0. The maximum atomic E-state index is 12.5. The predicted molar refractivity (Wildman–Crippen MR) is 36.1 cm³/mol. The highest BCUT2D eigenvalue weighted by atomic mass is 79.9. The third-order valence-electron chi connectivity index (χ3n) is 1.02. The first-order valence-electron chi connectivity index (χ1n) is 2.50. The molecule has 0 heterocycles. The largest absolute Gasteiger partial charge is 0.477 e. The first kappa shape index (κ1) is 12.9. The fraction of sp³-hybridized carbons (Fsp3) is 0.750. The highest BCUT2D eigenvalue weighted by Gasteiger charge is 2.72. The van der Waals surface area contributed by atoms with Gasteiger partial charge in [0.05, 0.1) is 0 Å². The van der Waals surface area contributed by atoms with Crippen molar-refractivity contribution in [3.63, 3.8) is 0 Å².